The van der Waals surface area contributed by atoms with Gasteiger partial charge in [-0.15, -0.1) is 11.3 Å². The van der Waals surface area contributed by atoms with Gasteiger partial charge in [0.15, 0.2) is 0 Å². The molecule has 0 aliphatic carbocycles. The maximum atomic E-state index is 13.0. The van der Waals surface area contributed by atoms with Crippen LogP contribution in [0, 0.1) is 6.92 Å². The van der Waals surface area contributed by atoms with Gasteiger partial charge in [-0.05, 0) is 37.1 Å². The maximum Gasteiger partial charge on any atom is 0.264 e. The minimum atomic E-state index is -0.318. The summed E-state index contributed by atoms with van der Waals surface area (Å²) < 4.78 is 0. The van der Waals surface area contributed by atoms with Crippen LogP contribution in [0.15, 0.2) is 30.3 Å². The van der Waals surface area contributed by atoms with E-state index >= 15 is 0 Å². The number of carbonyl (C=O) groups excluding carboxylic acids is 2. The lowest BCUT2D eigenvalue weighted by molar-refractivity contribution is 0.0527. The van der Waals surface area contributed by atoms with Crippen LogP contribution in [0.2, 0.25) is 5.02 Å². The van der Waals surface area contributed by atoms with E-state index in [2.05, 4.69) is 10.2 Å². The molecule has 0 bridgehead atoms. The molecule has 2 N–H and O–H groups in total. The molecule has 29 heavy (non-hydrogen) atoms. The molecule has 0 radical (unpaired) electrons. The Morgan fingerprint density at radius 2 is 1.93 bits per heavy atom. The smallest absolute Gasteiger partial charge is 0.264 e. The Labute approximate surface area is 180 Å². The van der Waals surface area contributed by atoms with Gasteiger partial charge in [0.1, 0.15) is 0 Å². The van der Waals surface area contributed by atoms with Gasteiger partial charge in [-0.3, -0.25) is 14.5 Å². The molecule has 0 saturated carbocycles. The van der Waals surface area contributed by atoms with E-state index in [1.807, 2.05) is 24.8 Å². The molecule has 8 heteroatoms. The van der Waals surface area contributed by atoms with E-state index in [9.17, 15) is 14.7 Å². The average Bonchev–Trinajstić information content (AvgIpc) is 3.08. The molecule has 2 aromatic rings. The number of anilines is 1. The maximum absolute atomic E-state index is 13.0. The topological polar surface area (TPSA) is 72.9 Å². The standard InChI is InChI=1S/C21H26ClN3O3S/c1-3-15(26)13-24-8-10-25(11-9-24)21(28)19-14(2)12-18(29-19)23-20(27)16-6-4-5-7-17(16)22/h4-7,12,15,26H,3,8-11,13H2,1-2H3,(H,23,27). The predicted octanol–water partition coefficient (Wildman–Crippen LogP) is 3.49. The van der Waals surface area contributed by atoms with E-state index in [0.29, 0.717) is 40.1 Å². The fourth-order valence-electron chi connectivity index (χ4n) is 3.28. The fourth-order valence-corrected chi connectivity index (χ4v) is 4.54. The number of β-amino-alcohol motifs (C(OH)–C–C–N with tert-alkyl or cyclic N) is 1. The summed E-state index contributed by atoms with van der Waals surface area (Å²) >= 11 is 7.37. The monoisotopic (exact) mass is 435 g/mol. The molecule has 3 rings (SSSR count). The summed E-state index contributed by atoms with van der Waals surface area (Å²) in [5.74, 6) is -0.305. The van der Waals surface area contributed by atoms with Crippen LogP contribution < -0.4 is 5.32 Å². The van der Waals surface area contributed by atoms with Crippen molar-refractivity contribution in [1.29, 1.82) is 0 Å². The summed E-state index contributed by atoms with van der Waals surface area (Å²) in [5.41, 5.74) is 1.25. The van der Waals surface area contributed by atoms with Gasteiger partial charge >= 0.3 is 0 Å². The van der Waals surface area contributed by atoms with E-state index < -0.39 is 0 Å². The van der Waals surface area contributed by atoms with Crippen LogP contribution in [-0.2, 0) is 0 Å². The summed E-state index contributed by atoms with van der Waals surface area (Å²) in [4.78, 5) is 30.1. The van der Waals surface area contributed by atoms with E-state index in [1.54, 1.807) is 24.3 Å². The zero-order valence-corrected chi connectivity index (χ0v) is 18.2. The number of hydrogen-bond donors (Lipinski definition) is 2. The predicted molar refractivity (Wildman–Crippen MR) is 117 cm³/mol. The second-order valence-electron chi connectivity index (χ2n) is 7.21. The number of halogens is 1. The highest BCUT2D eigenvalue weighted by atomic mass is 35.5. The van der Waals surface area contributed by atoms with Crippen LogP contribution >= 0.6 is 22.9 Å². The van der Waals surface area contributed by atoms with Gasteiger partial charge in [-0.25, -0.2) is 0 Å². The zero-order chi connectivity index (χ0) is 21.0. The Kier molecular flexibility index (Phi) is 7.29. The normalized spacial score (nSPS) is 15.9. The summed E-state index contributed by atoms with van der Waals surface area (Å²) in [6.07, 6.45) is 0.414. The first kappa shape index (κ1) is 21.8. The van der Waals surface area contributed by atoms with Crippen LogP contribution in [-0.4, -0.2) is 65.5 Å². The molecule has 1 aromatic carbocycles. The van der Waals surface area contributed by atoms with Crippen LogP contribution in [0.25, 0.3) is 0 Å². The van der Waals surface area contributed by atoms with E-state index in [4.69, 9.17) is 11.6 Å². The number of nitrogens with one attached hydrogen (secondary N) is 1. The van der Waals surface area contributed by atoms with Crippen LogP contribution in [0.3, 0.4) is 0 Å². The highest BCUT2D eigenvalue weighted by Gasteiger charge is 2.25. The lowest BCUT2D eigenvalue weighted by Crippen LogP contribution is -2.50. The van der Waals surface area contributed by atoms with Gasteiger partial charge in [-0.1, -0.05) is 30.7 Å². The fraction of sp³-hybridized carbons (Fsp3) is 0.429. The number of aryl methyl sites for hydroxylation is 1. The number of hydrogen-bond acceptors (Lipinski definition) is 5. The Bertz CT molecular complexity index is 878. The first-order valence-corrected chi connectivity index (χ1v) is 10.9. The molecule has 1 aliphatic rings. The molecule has 2 heterocycles. The number of rotatable bonds is 6. The van der Waals surface area contributed by atoms with Crippen molar-refractivity contribution in [2.45, 2.75) is 26.4 Å². The van der Waals surface area contributed by atoms with Crippen molar-refractivity contribution < 1.29 is 14.7 Å². The van der Waals surface area contributed by atoms with E-state index in [-0.39, 0.29) is 17.9 Å². The number of nitrogens with zero attached hydrogens (tertiary/aromatic N) is 2. The molecule has 1 saturated heterocycles. The number of aliphatic hydroxyl groups is 1. The summed E-state index contributed by atoms with van der Waals surface area (Å²) in [6, 6.07) is 8.69. The van der Waals surface area contributed by atoms with Crippen molar-refractivity contribution in [2.75, 3.05) is 38.0 Å². The molecule has 0 spiro atoms. The molecule has 6 nitrogen and oxygen atoms in total. The van der Waals surface area contributed by atoms with Crippen molar-refractivity contribution >= 4 is 39.8 Å². The lowest BCUT2D eigenvalue weighted by atomic mass is 10.2. The molecular weight excluding hydrogens is 410 g/mol. The molecule has 2 amide bonds. The minimum absolute atomic E-state index is 0.0126. The molecule has 1 unspecified atom stereocenters. The summed E-state index contributed by atoms with van der Waals surface area (Å²) in [5, 5.41) is 13.7. The lowest BCUT2D eigenvalue weighted by Gasteiger charge is -2.35. The summed E-state index contributed by atoms with van der Waals surface area (Å²) in [7, 11) is 0. The summed E-state index contributed by atoms with van der Waals surface area (Å²) in [6.45, 7) is 7.26. The Morgan fingerprint density at radius 1 is 1.24 bits per heavy atom. The molecule has 1 aliphatic heterocycles. The zero-order valence-electron chi connectivity index (χ0n) is 16.7. The van der Waals surface area contributed by atoms with E-state index in [0.717, 1.165) is 25.1 Å². The third kappa shape index (κ3) is 5.36. The number of benzene rings is 1. The molecule has 1 fully saturated rings. The van der Waals surface area contributed by atoms with Gasteiger partial charge in [0.2, 0.25) is 0 Å². The third-order valence-electron chi connectivity index (χ3n) is 5.07. The SMILES string of the molecule is CCC(O)CN1CCN(C(=O)c2sc(NC(=O)c3ccccc3Cl)cc2C)CC1. The highest BCUT2D eigenvalue weighted by Crippen LogP contribution is 2.29. The number of aliphatic hydroxyl groups excluding tert-OH is 1. The second-order valence-corrected chi connectivity index (χ2v) is 8.67. The van der Waals surface area contributed by atoms with Gasteiger partial charge in [0.05, 0.1) is 26.6 Å². The quantitative estimate of drug-likeness (QED) is 0.728. The molecular formula is C21H26ClN3O3S. The molecule has 156 valence electrons. The van der Waals surface area contributed by atoms with Gasteiger partial charge in [-0.2, -0.15) is 0 Å². The number of thiophene rings is 1. The number of piperazine rings is 1. The molecule has 1 atom stereocenters. The Morgan fingerprint density at radius 3 is 2.59 bits per heavy atom. The second kappa shape index (κ2) is 9.71. The van der Waals surface area contributed by atoms with E-state index in [1.165, 1.54) is 11.3 Å². The van der Waals surface area contributed by atoms with Crippen molar-refractivity contribution in [3.05, 3.63) is 51.4 Å². The van der Waals surface area contributed by atoms with Gasteiger partial charge < -0.3 is 15.3 Å². The largest absolute Gasteiger partial charge is 0.392 e. The Hall–Kier alpha value is -1.93. The van der Waals surface area contributed by atoms with Crippen LogP contribution in [0.1, 0.15) is 38.9 Å². The van der Waals surface area contributed by atoms with Crippen molar-refractivity contribution in [1.82, 2.24) is 9.80 Å². The number of carbonyl (C=O) groups is 2. The average molecular weight is 436 g/mol. The first-order valence-electron chi connectivity index (χ1n) is 9.75. The van der Waals surface area contributed by atoms with Crippen molar-refractivity contribution in [2.24, 2.45) is 0 Å². The Balaban J connectivity index is 1.62. The minimum Gasteiger partial charge on any atom is -0.392 e. The highest BCUT2D eigenvalue weighted by molar-refractivity contribution is 7.18. The van der Waals surface area contributed by atoms with Gasteiger partial charge in [0, 0.05) is 32.7 Å². The van der Waals surface area contributed by atoms with Gasteiger partial charge in [0.25, 0.3) is 11.8 Å². The van der Waals surface area contributed by atoms with Crippen LogP contribution in [0.4, 0.5) is 5.00 Å². The number of amides is 2. The van der Waals surface area contributed by atoms with Crippen molar-refractivity contribution in [3.63, 3.8) is 0 Å². The first-order chi connectivity index (χ1) is 13.9. The van der Waals surface area contributed by atoms with Crippen molar-refractivity contribution in [3.8, 4) is 0 Å². The third-order valence-corrected chi connectivity index (χ3v) is 6.54. The van der Waals surface area contributed by atoms with Crippen LogP contribution in [0.5, 0.6) is 0 Å². The molecule has 1 aromatic heterocycles.